The Morgan fingerprint density at radius 3 is 2.73 bits per heavy atom. The van der Waals surface area contributed by atoms with Crippen molar-refractivity contribution >= 4 is 16.9 Å². The number of hydrogen-bond acceptors (Lipinski definition) is 4. The van der Waals surface area contributed by atoms with E-state index in [4.69, 9.17) is 9.47 Å². The summed E-state index contributed by atoms with van der Waals surface area (Å²) in [7, 11) is 0. The van der Waals surface area contributed by atoms with Crippen LogP contribution in [0.25, 0.3) is 11.0 Å². The average molecular weight is 359 g/mol. The van der Waals surface area contributed by atoms with Gasteiger partial charge in [-0.2, -0.15) is 0 Å². The summed E-state index contributed by atoms with van der Waals surface area (Å²) in [6, 6.07) is 8.60. The third-order valence-corrected chi connectivity index (χ3v) is 4.93. The summed E-state index contributed by atoms with van der Waals surface area (Å²) < 4.78 is 13.1. The van der Waals surface area contributed by atoms with Gasteiger partial charge in [0.1, 0.15) is 6.61 Å². The number of likely N-dealkylation sites (tertiary alicyclic amines) is 1. The van der Waals surface area contributed by atoms with E-state index in [0.29, 0.717) is 19.3 Å². The van der Waals surface area contributed by atoms with Crippen LogP contribution in [0.5, 0.6) is 0 Å². The van der Waals surface area contributed by atoms with E-state index in [0.717, 1.165) is 50.9 Å². The standard InChI is InChI=1S/C20H29N3O3/c1-2-3-12-25-13-14-26-15-20(24)22-10-8-17(9-11-22)23-16-21-18-6-4-5-7-19(18)23/h4-7,16-17H,2-3,8-15H2,1H3. The molecule has 1 aliphatic rings. The molecule has 142 valence electrons. The van der Waals surface area contributed by atoms with Crippen LogP contribution in [-0.2, 0) is 14.3 Å². The van der Waals surface area contributed by atoms with Crippen molar-refractivity contribution in [1.82, 2.24) is 14.5 Å². The second-order valence-electron chi connectivity index (χ2n) is 6.77. The van der Waals surface area contributed by atoms with Crippen molar-refractivity contribution in [3.05, 3.63) is 30.6 Å². The molecule has 0 spiro atoms. The van der Waals surface area contributed by atoms with E-state index in [2.05, 4.69) is 22.5 Å². The number of carbonyl (C=O) groups excluding carboxylic acids is 1. The molecule has 1 amide bonds. The first-order valence-corrected chi connectivity index (χ1v) is 9.64. The molecule has 0 unspecified atom stereocenters. The molecule has 1 aromatic heterocycles. The summed E-state index contributed by atoms with van der Waals surface area (Å²) in [4.78, 5) is 18.7. The Morgan fingerprint density at radius 1 is 1.15 bits per heavy atom. The van der Waals surface area contributed by atoms with Crippen molar-refractivity contribution in [2.45, 2.75) is 38.6 Å². The van der Waals surface area contributed by atoms with Crippen molar-refractivity contribution in [2.75, 3.05) is 39.5 Å². The molecule has 6 nitrogen and oxygen atoms in total. The first-order chi connectivity index (χ1) is 12.8. The Labute approximate surface area is 155 Å². The maximum absolute atomic E-state index is 12.3. The van der Waals surface area contributed by atoms with E-state index in [1.54, 1.807) is 0 Å². The SMILES string of the molecule is CCCCOCCOCC(=O)N1CCC(n2cnc3ccccc32)CC1. The maximum atomic E-state index is 12.3. The van der Waals surface area contributed by atoms with Gasteiger partial charge in [0.15, 0.2) is 0 Å². The number of rotatable bonds is 9. The first kappa shape index (κ1) is 18.9. The highest BCUT2D eigenvalue weighted by molar-refractivity contribution is 5.77. The monoisotopic (exact) mass is 359 g/mol. The third kappa shape index (κ3) is 4.83. The minimum Gasteiger partial charge on any atom is -0.379 e. The number of ether oxygens (including phenoxy) is 2. The Morgan fingerprint density at radius 2 is 1.92 bits per heavy atom. The molecule has 0 saturated carbocycles. The molecule has 6 heteroatoms. The number of amides is 1. The molecule has 1 aliphatic heterocycles. The molecule has 1 saturated heterocycles. The summed E-state index contributed by atoms with van der Waals surface area (Å²) in [5.41, 5.74) is 2.20. The largest absolute Gasteiger partial charge is 0.379 e. The van der Waals surface area contributed by atoms with E-state index >= 15 is 0 Å². The van der Waals surface area contributed by atoms with Crippen LogP contribution >= 0.6 is 0 Å². The molecule has 26 heavy (non-hydrogen) atoms. The number of hydrogen-bond donors (Lipinski definition) is 0. The molecule has 0 N–H and O–H groups in total. The molecule has 0 bridgehead atoms. The number of aromatic nitrogens is 2. The van der Waals surface area contributed by atoms with Gasteiger partial charge in [-0.1, -0.05) is 25.5 Å². The number of unbranched alkanes of at least 4 members (excludes halogenated alkanes) is 1. The van der Waals surface area contributed by atoms with Gasteiger partial charge < -0.3 is 18.9 Å². The lowest BCUT2D eigenvalue weighted by atomic mass is 10.0. The lowest BCUT2D eigenvalue weighted by Crippen LogP contribution is -2.41. The minimum absolute atomic E-state index is 0.0764. The number of carbonyl (C=O) groups is 1. The van der Waals surface area contributed by atoms with E-state index in [1.165, 1.54) is 5.52 Å². The lowest BCUT2D eigenvalue weighted by Gasteiger charge is -2.32. The molecule has 0 radical (unpaired) electrons. The van der Waals surface area contributed by atoms with Crippen LogP contribution in [-0.4, -0.2) is 59.9 Å². The Bertz CT molecular complexity index is 692. The zero-order valence-corrected chi connectivity index (χ0v) is 15.6. The van der Waals surface area contributed by atoms with Crippen molar-refractivity contribution in [2.24, 2.45) is 0 Å². The van der Waals surface area contributed by atoms with Gasteiger partial charge in [0.05, 0.1) is 30.6 Å². The second kappa shape index (κ2) is 9.69. The highest BCUT2D eigenvalue weighted by Gasteiger charge is 2.24. The fourth-order valence-corrected chi connectivity index (χ4v) is 3.38. The molecule has 3 rings (SSSR count). The number of imidazole rings is 1. The van der Waals surface area contributed by atoms with Gasteiger partial charge in [0, 0.05) is 25.7 Å². The van der Waals surface area contributed by atoms with Crippen LogP contribution in [0.1, 0.15) is 38.6 Å². The van der Waals surface area contributed by atoms with Crippen LogP contribution < -0.4 is 0 Å². The summed E-state index contributed by atoms with van der Waals surface area (Å²) in [6.45, 7) is 5.63. The fraction of sp³-hybridized carbons (Fsp3) is 0.600. The summed E-state index contributed by atoms with van der Waals surface area (Å²) in [6.07, 6.45) is 6.02. The average Bonchev–Trinajstić information content (AvgIpc) is 3.11. The topological polar surface area (TPSA) is 56.6 Å². The molecule has 1 aromatic carbocycles. The van der Waals surface area contributed by atoms with Gasteiger partial charge in [-0.05, 0) is 31.4 Å². The number of piperidine rings is 1. The van der Waals surface area contributed by atoms with Crippen LogP contribution in [0, 0.1) is 0 Å². The summed E-state index contributed by atoms with van der Waals surface area (Å²) in [5.74, 6) is 0.0764. The zero-order valence-electron chi connectivity index (χ0n) is 15.6. The molecule has 2 heterocycles. The van der Waals surface area contributed by atoms with E-state index < -0.39 is 0 Å². The van der Waals surface area contributed by atoms with Crippen LogP contribution in [0.2, 0.25) is 0 Å². The number of fused-ring (bicyclic) bond motifs is 1. The van der Waals surface area contributed by atoms with Crippen LogP contribution in [0.3, 0.4) is 0 Å². The summed E-state index contributed by atoms with van der Waals surface area (Å²) in [5, 5.41) is 0. The van der Waals surface area contributed by atoms with Crippen LogP contribution in [0.4, 0.5) is 0 Å². The highest BCUT2D eigenvalue weighted by Crippen LogP contribution is 2.26. The smallest absolute Gasteiger partial charge is 0.248 e. The Hall–Kier alpha value is -1.92. The normalized spacial score (nSPS) is 15.7. The van der Waals surface area contributed by atoms with Crippen molar-refractivity contribution < 1.29 is 14.3 Å². The summed E-state index contributed by atoms with van der Waals surface area (Å²) >= 11 is 0. The predicted octanol–water partition coefficient (Wildman–Crippen LogP) is 3.03. The molecular formula is C20H29N3O3. The van der Waals surface area contributed by atoms with Gasteiger partial charge in [-0.15, -0.1) is 0 Å². The van der Waals surface area contributed by atoms with Gasteiger partial charge in [-0.3, -0.25) is 4.79 Å². The zero-order chi connectivity index (χ0) is 18.2. The Balaban J connectivity index is 1.39. The number of nitrogens with zero attached hydrogens (tertiary/aromatic N) is 3. The van der Waals surface area contributed by atoms with Crippen molar-refractivity contribution in [3.8, 4) is 0 Å². The van der Waals surface area contributed by atoms with E-state index in [1.807, 2.05) is 29.4 Å². The van der Waals surface area contributed by atoms with E-state index in [9.17, 15) is 4.79 Å². The van der Waals surface area contributed by atoms with Gasteiger partial charge in [0.25, 0.3) is 0 Å². The fourth-order valence-electron chi connectivity index (χ4n) is 3.38. The van der Waals surface area contributed by atoms with Gasteiger partial charge >= 0.3 is 0 Å². The first-order valence-electron chi connectivity index (χ1n) is 9.64. The number of para-hydroxylation sites is 2. The van der Waals surface area contributed by atoms with Crippen molar-refractivity contribution in [3.63, 3.8) is 0 Å². The highest BCUT2D eigenvalue weighted by atomic mass is 16.5. The quantitative estimate of drug-likeness (QED) is 0.646. The number of benzene rings is 1. The molecule has 0 atom stereocenters. The molecule has 2 aromatic rings. The lowest BCUT2D eigenvalue weighted by molar-refractivity contribution is -0.137. The predicted molar refractivity (Wildman–Crippen MR) is 101 cm³/mol. The second-order valence-corrected chi connectivity index (χ2v) is 6.77. The van der Waals surface area contributed by atoms with Crippen molar-refractivity contribution in [1.29, 1.82) is 0 Å². The minimum atomic E-state index is 0.0764. The molecular weight excluding hydrogens is 330 g/mol. The van der Waals surface area contributed by atoms with Gasteiger partial charge in [0.2, 0.25) is 5.91 Å². The maximum Gasteiger partial charge on any atom is 0.248 e. The van der Waals surface area contributed by atoms with Gasteiger partial charge in [-0.25, -0.2) is 4.98 Å². The Kier molecular flexibility index (Phi) is 7.03. The molecule has 0 aliphatic carbocycles. The molecule has 1 fully saturated rings. The van der Waals surface area contributed by atoms with E-state index in [-0.39, 0.29) is 12.5 Å². The van der Waals surface area contributed by atoms with Crippen LogP contribution in [0.15, 0.2) is 30.6 Å². The third-order valence-electron chi connectivity index (χ3n) is 4.93.